The number of halogens is 1. The number of rotatable bonds is 4. The molecule has 1 N–H and O–H groups in total. The summed E-state index contributed by atoms with van der Waals surface area (Å²) in [6, 6.07) is 11.0. The summed E-state index contributed by atoms with van der Waals surface area (Å²) in [6.45, 7) is 2.70. The molecule has 0 unspecified atom stereocenters. The molecule has 24 heavy (non-hydrogen) atoms. The second-order valence-electron chi connectivity index (χ2n) is 5.50. The van der Waals surface area contributed by atoms with Crippen LogP contribution in [0.25, 0.3) is 0 Å². The molecule has 0 bridgehead atoms. The molecule has 1 aromatic carbocycles. The minimum atomic E-state index is -1.05. The van der Waals surface area contributed by atoms with Crippen LogP contribution in [0.2, 0.25) is 0 Å². The predicted molar refractivity (Wildman–Crippen MR) is 92.6 cm³/mol. The predicted octanol–water partition coefficient (Wildman–Crippen LogP) is 3.61. The fourth-order valence-corrected chi connectivity index (χ4v) is 2.85. The third-order valence-corrected chi connectivity index (χ3v) is 4.57. The lowest BCUT2D eigenvalue weighted by atomic mass is 10.2. The standard InChI is InChI=1S/C17H17BrN2O4/c1-11-14(18)7-15-16(19-11)24-10-13(20(15)17(21)22)9-23-8-12-5-3-2-4-6-12/h2-7,13H,8-10H2,1H3,(H,21,22)/t13-/m0/s1. The number of anilines is 1. The van der Waals surface area contributed by atoms with Gasteiger partial charge in [0.1, 0.15) is 12.3 Å². The molecular formula is C17H17BrN2O4. The summed E-state index contributed by atoms with van der Waals surface area (Å²) in [5.74, 6) is 0.331. The van der Waals surface area contributed by atoms with E-state index >= 15 is 0 Å². The van der Waals surface area contributed by atoms with Gasteiger partial charge in [-0.3, -0.25) is 4.90 Å². The highest BCUT2D eigenvalue weighted by molar-refractivity contribution is 9.10. The molecule has 1 atom stereocenters. The van der Waals surface area contributed by atoms with Gasteiger partial charge in [-0.2, -0.15) is 0 Å². The van der Waals surface area contributed by atoms with Crippen molar-refractivity contribution >= 4 is 27.7 Å². The Hall–Kier alpha value is -2.12. The smallest absolute Gasteiger partial charge is 0.412 e. The number of aromatic nitrogens is 1. The highest BCUT2D eigenvalue weighted by Crippen LogP contribution is 2.35. The number of hydrogen-bond acceptors (Lipinski definition) is 4. The lowest BCUT2D eigenvalue weighted by Crippen LogP contribution is -2.49. The van der Waals surface area contributed by atoms with E-state index in [1.807, 2.05) is 37.3 Å². The van der Waals surface area contributed by atoms with E-state index in [1.165, 1.54) is 4.90 Å². The van der Waals surface area contributed by atoms with Gasteiger partial charge in [-0.1, -0.05) is 30.3 Å². The summed E-state index contributed by atoms with van der Waals surface area (Å²) in [5, 5.41) is 9.60. The van der Waals surface area contributed by atoms with Crippen molar-refractivity contribution in [2.45, 2.75) is 19.6 Å². The van der Waals surface area contributed by atoms with Gasteiger partial charge in [0.2, 0.25) is 5.88 Å². The molecule has 1 aliphatic heterocycles. The molecule has 3 rings (SSSR count). The van der Waals surface area contributed by atoms with Crippen LogP contribution >= 0.6 is 15.9 Å². The fraction of sp³-hybridized carbons (Fsp3) is 0.294. The maximum Gasteiger partial charge on any atom is 0.412 e. The van der Waals surface area contributed by atoms with Crippen molar-refractivity contribution < 1.29 is 19.4 Å². The Morgan fingerprint density at radius 1 is 1.46 bits per heavy atom. The van der Waals surface area contributed by atoms with Gasteiger partial charge in [0, 0.05) is 4.47 Å². The van der Waals surface area contributed by atoms with E-state index in [1.54, 1.807) is 6.07 Å². The fourth-order valence-electron chi connectivity index (χ4n) is 2.54. The van der Waals surface area contributed by atoms with Crippen LogP contribution in [-0.2, 0) is 11.3 Å². The third-order valence-electron chi connectivity index (χ3n) is 3.76. The molecule has 6 nitrogen and oxygen atoms in total. The molecule has 2 heterocycles. The Balaban J connectivity index is 1.74. The van der Waals surface area contributed by atoms with Gasteiger partial charge in [-0.15, -0.1) is 0 Å². The van der Waals surface area contributed by atoms with Crippen LogP contribution in [0.15, 0.2) is 40.9 Å². The summed E-state index contributed by atoms with van der Waals surface area (Å²) in [6.07, 6.45) is -1.05. The van der Waals surface area contributed by atoms with Crippen molar-refractivity contribution in [3.63, 3.8) is 0 Å². The average molecular weight is 393 g/mol. The molecule has 1 aliphatic rings. The molecule has 0 saturated carbocycles. The van der Waals surface area contributed by atoms with Crippen molar-refractivity contribution in [3.05, 3.63) is 52.1 Å². The minimum Gasteiger partial charge on any atom is -0.474 e. The zero-order chi connectivity index (χ0) is 17.1. The Bertz CT molecular complexity index is 739. The van der Waals surface area contributed by atoms with Crippen molar-refractivity contribution in [2.75, 3.05) is 18.1 Å². The van der Waals surface area contributed by atoms with Crippen LogP contribution in [0.1, 0.15) is 11.3 Å². The number of carbonyl (C=O) groups is 1. The molecule has 7 heteroatoms. The number of carboxylic acid groups (broad SMARTS) is 1. The third kappa shape index (κ3) is 3.52. The van der Waals surface area contributed by atoms with E-state index in [4.69, 9.17) is 9.47 Å². The van der Waals surface area contributed by atoms with Gasteiger partial charge in [0.05, 0.1) is 24.9 Å². The van der Waals surface area contributed by atoms with Crippen molar-refractivity contribution in [1.29, 1.82) is 0 Å². The van der Waals surface area contributed by atoms with E-state index in [0.717, 1.165) is 15.7 Å². The molecule has 0 radical (unpaired) electrons. The Morgan fingerprint density at radius 3 is 2.92 bits per heavy atom. The first-order chi connectivity index (χ1) is 11.6. The number of amides is 1. The lowest BCUT2D eigenvalue weighted by molar-refractivity contribution is 0.0841. The number of ether oxygens (including phenoxy) is 2. The maximum atomic E-state index is 11.7. The first kappa shape index (κ1) is 16.7. The monoisotopic (exact) mass is 392 g/mol. The van der Waals surface area contributed by atoms with Crippen LogP contribution in [-0.4, -0.2) is 35.4 Å². The Labute approximate surface area is 148 Å². The van der Waals surface area contributed by atoms with E-state index < -0.39 is 12.1 Å². The van der Waals surface area contributed by atoms with Gasteiger partial charge in [0.25, 0.3) is 0 Å². The molecule has 2 aromatic rings. The topological polar surface area (TPSA) is 71.9 Å². The molecule has 0 aliphatic carbocycles. The van der Waals surface area contributed by atoms with Crippen molar-refractivity contribution in [2.24, 2.45) is 0 Å². The van der Waals surface area contributed by atoms with E-state index in [0.29, 0.717) is 18.2 Å². The number of aryl methyl sites for hydroxylation is 1. The number of fused-ring (bicyclic) bond motifs is 1. The van der Waals surface area contributed by atoms with Crippen molar-refractivity contribution in [3.8, 4) is 5.88 Å². The van der Waals surface area contributed by atoms with E-state index in [9.17, 15) is 9.90 Å². The molecule has 1 aromatic heterocycles. The molecule has 1 amide bonds. The molecule has 0 saturated heterocycles. The SMILES string of the molecule is Cc1nc2c(cc1Br)N(C(=O)O)[C@@H](COCc1ccccc1)CO2. The summed E-state index contributed by atoms with van der Waals surface area (Å²) >= 11 is 3.39. The van der Waals surface area contributed by atoms with Gasteiger partial charge in [-0.05, 0) is 34.5 Å². The normalized spacial score (nSPS) is 16.4. The zero-order valence-electron chi connectivity index (χ0n) is 13.1. The highest BCUT2D eigenvalue weighted by Gasteiger charge is 2.34. The Morgan fingerprint density at radius 2 is 2.21 bits per heavy atom. The second kappa shape index (κ2) is 7.19. The van der Waals surface area contributed by atoms with Crippen LogP contribution in [0.3, 0.4) is 0 Å². The molecule has 0 fully saturated rings. The van der Waals surface area contributed by atoms with Crippen LogP contribution < -0.4 is 9.64 Å². The first-order valence-corrected chi connectivity index (χ1v) is 8.29. The maximum absolute atomic E-state index is 11.7. The summed E-state index contributed by atoms with van der Waals surface area (Å²) in [7, 11) is 0. The van der Waals surface area contributed by atoms with Crippen molar-refractivity contribution in [1.82, 2.24) is 4.98 Å². The molecule has 126 valence electrons. The molecular weight excluding hydrogens is 376 g/mol. The van der Waals surface area contributed by atoms with Crippen LogP contribution in [0, 0.1) is 6.92 Å². The first-order valence-electron chi connectivity index (χ1n) is 7.50. The molecule has 0 spiro atoms. The zero-order valence-corrected chi connectivity index (χ0v) is 14.7. The summed E-state index contributed by atoms with van der Waals surface area (Å²) in [4.78, 5) is 17.3. The number of pyridine rings is 1. The Kier molecular flexibility index (Phi) is 5.01. The highest BCUT2D eigenvalue weighted by atomic mass is 79.9. The minimum absolute atomic E-state index is 0.210. The number of hydrogen-bond donors (Lipinski definition) is 1. The largest absolute Gasteiger partial charge is 0.474 e. The van der Waals surface area contributed by atoms with E-state index in [-0.39, 0.29) is 13.2 Å². The quantitative estimate of drug-likeness (QED) is 0.859. The van der Waals surface area contributed by atoms with Crippen LogP contribution in [0.5, 0.6) is 5.88 Å². The van der Waals surface area contributed by atoms with Gasteiger partial charge in [0.15, 0.2) is 0 Å². The van der Waals surface area contributed by atoms with Gasteiger partial charge in [-0.25, -0.2) is 9.78 Å². The van der Waals surface area contributed by atoms with Crippen LogP contribution in [0.4, 0.5) is 10.5 Å². The number of nitrogens with zero attached hydrogens (tertiary/aromatic N) is 2. The van der Waals surface area contributed by atoms with E-state index in [2.05, 4.69) is 20.9 Å². The second-order valence-corrected chi connectivity index (χ2v) is 6.35. The summed E-state index contributed by atoms with van der Waals surface area (Å²) in [5.41, 5.74) is 2.22. The average Bonchev–Trinajstić information content (AvgIpc) is 2.56. The number of benzene rings is 1. The lowest BCUT2D eigenvalue weighted by Gasteiger charge is -2.34. The summed E-state index contributed by atoms with van der Waals surface area (Å²) < 4.78 is 12.1. The van der Waals surface area contributed by atoms with Gasteiger partial charge < -0.3 is 14.6 Å². The van der Waals surface area contributed by atoms with Gasteiger partial charge >= 0.3 is 6.09 Å².